The molecule has 2 aliphatic rings. The van der Waals surface area contributed by atoms with Crippen molar-refractivity contribution >= 4 is 36.9 Å². The highest BCUT2D eigenvalue weighted by atomic mass is 31.2. The monoisotopic (exact) mass is 532 g/mol. The van der Waals surface area contributed by atoms with Gasteiger partial charge in [0.25, 0.3) is 0 Å². The number of hydrogen-bond donors (Lipinski definition) is 4. The van der Waals surface area contributed by atoms with Crippen molar-refractivity contribution in [1.29, 1.82) is 0 Å². The summed E-state index contributed by atoms with van der Waals surface area (Å²) < 4.78 is 35.9. The standard InChI is InChI=1S/C22H25N6O8P/c1-2-23-22(29)27-19-16-20(25-11-24-19)28(12-26-16)21-18-17(14(34-21)10-33-37(30,31)32)35-15(36-18)9-8-13-6-4-3-5-7-13/h3-9,11-12,14-15,17-18,21H,2,10H2,1H3,(H2,30,31,32)(H2,23,24,25,27,29)/b9-8+/t14-,15+,17+,18?,21-/m1/s1. The molecule has 37 heavy (non-hydrogen) atoms. The van der Waals surface area contributed by atoms with Crippen LogP contribution in [0.4, 0.5) is 10.6 Å². The molecule has 0 saturated carbocycles. The Labute approximate surface area is 210 Å². The molecule has 4 N–H and O–H groups in total. The van der Waals surface area contributed by atoms with E-state index in [0.29, 0.717) is 17.7 Å². The van der Waals surface area contributed by atoms with E-state index in [9.17, 15) is 19.1 Å². The van der Waals surface area contributed by atoms with Gasteiger partial charge in [-0.05, 0) is 18.6 Å². The first kappa shape index (κ1) is 25.4. The number of nitrogens with one attached hydrogen (secondary N) is 2. The van der Waals surface area contributed by atoms with Crippen LogP contribution in [-0.2, 0) is 23.3 Å². The molecule has 1 unspecified atom stereocenters. The Morgan fingerprint density at radius 1 is 1.16 bits per heavy atom. The van der Waals surface area contributed by atoms with Crippen molar-refractivity contribution in [3.05, 3.63) is 54.6 Å². The summed E-state index contributed by atoms with van der Waals surface area (Å²) in [4.78, 5) is 43.1. The molecule has 4 heterocycles. The van der Waals surface area contributed by atoms with Gasteiger partial charge in [-0.1, -0.05) is 36.4 Å². The predicted molar refractivity (Wildman–Crippen MR) is 129 cm³/mol. The third-order valence-electron chi connectivity index (χ3n) is 5.72. The van der Waals surface area contributed by atoms with Gasteiger partial charge in [0.15, 0.2) is 29.5 Å². The van der Waals surface area contributed by atoms with Crippen molar-refractivity contribution in [1.82, 2.24) is 24.8 Å². The Morgan fingerprint density at radius 3 is 2.70 bits per heavy atom. The second-order valence-electron chi connectivity index (χ2n) is 8.22. The predicted octanol–water partition coefficient (Wildman–Crippen LogP) is 1.80. The normalized spacial score (nSPS) is 25.5. The quantitative estimate of drug-likeness (QED) is 0.311. The number of urea groups is 1. The van der Waals surface area contributed by atoms with Crippen LogP contribution in [0.1, 0.15) is 18.7 Å². The zero-order valence-corrected chi connectivity index (χ0v) is 20.5. The van der Waals surface area contributed by atoms with Gasteiger partial charge in [-0.15, -0.1) is 0 Å². The van der Waals surface area contributed by atoms with Crippen LogP contribution in [0.15, 0.2) is 49.1 Å². The Bertz CT molecular complexity index is 1330. The van der Waals surface area contributed by atoms with Gasteiger partial charge in [0.2, 0.25) is 0 Å². The molecule has 2 saturated heterocycles. The summed E-state index contributed by atoms with van der Waals surface area (Å²) in [6.07, 6.45) is 2.55. The molecule has 0 aliphatic carbocycles. The minimum atomic E-state index is -4.74. The highest BCUT2D eigenvalue weighted by Crippen LogP contribution is 2.43. The zero-order valence-electron chi connectivity index (χ0n) is 19.6. The summed E-state index contributed by atoms with van der Waals surface area (Å²) in [6, 6.07) is 9.14. The van der Waals surface area contributed by atoms with Crippen molar-refractivity contribution < 1.29 is 37.9 Å². The van der Waals surface area contributed by atoms with Crippen molar-refractivity contribution in [3.63, 3.8) is 0 Å². The van der Waals surface area contributed by atoms with Gasteiger partial charge in [-0.2, -0.15) is 0 Å². The van der Waals surface area contributed by atoms with Gasteiger partial charge in [0, 0.05) is 6.54 Å². The number of ether oxygens (including phenoxy) is 3. The average molecular weight is 532 g/mol. The third kappa shape index (κ3) is 5.70. The van der Waals surface area contributed by atoms with Crippen molar-refractivity contribution in [2.24, 2.45) is 0 Å². The number of fused-ring (bicyclic) bond motifs is 2. The van der Waals surface area contributed by atoms with Gasteiger partial charge in [0.1, 0.15) is 24.6 Å². The fourth-order valence-electron chi connectivity index (χ4n) is 4.17. The second kappa shape index (κ2) is 10.6. The number of phosphoric ester groups is 1. The Kier molecular flexibility index (Phi) is 7.31. The van der Waals surface area contributed by atoms with Crippen molar-refractivity contribution in [2.45, 2.75) is 37.8 Å². The van der Waals surface area contributed by atoms with E-state index in [4.69, 9.17) is 18.7 Å². The van der Waals surface area contributed by atoms with E-state index in [1.807, 2.05) is 36.4 Å². The number of carbonyl (C=O) groups excluding carboxylic acids is 1. The fourth-order valence-corrected chi connectivity index (χ4v) is 4.52. The molecule has 5 rings (SSSR count). The van der Waals surface area contributed by atoms with E-state index in [1.54, 1.807) is 17.6 Å². The molecule has 1 aromatic carbocycles. The number of aromatic nitrogens is 4. The van der Waals surface area contributed by atoms with Crippen LogP contribution in [0.5, 0.6) is 0 Å². The summed E-state index contributed by atoms with van der Waals surface area (Å²) in [7, 11) is -4.74. The molecule has 14 nitrogen and oxygen atoms in total. The molecule has 196 valence electrons. The second-order valence-corrected chi connectivity index (χ2v) is 9.46. The first-order valence-electron chi connectivity index (χ1n) is 11.4. The number of amides is 2. The molecule has 0 radical (unpaired) electrons. The lowest BCUT2D eigenvalue weighted by molar-refractivity contribution is -0.132. The Balaban J connectivity index is 1.41. The largest absolute Gasteiger partial charge is 0.469 e. The summed E-state index contributed by atoms with van der Waals surface area (Å²) in [5.41, 5.74) is 1.63. The number of rotatable bonds is 8. The summed E-state index contributed by atoms with van der Waals surface area (Å²) in [5, 5.41) is 5.25. The molecule has 15 heteroatoms. The van der Waals surface area contributed by atoms with E-state index < -0.39 is 51.3 Å². The van der Waals surface area contributed by atoms with Gasteiger partial charge < -0.3 is 29.3 Å². The fraction of sp³-hybridized carbons (Fsp3) is 0.364. The van der Waals surface area contributed by atoms with E-state index in [2.05, 4.69) is 25.6 Å². The van der Waals surface area contributed by atoms with E-state index >= 15 is 0 Å². The van der Waals surface area contributed by atoms with Crippen LogP contribution in [0, 0.1) is 0 Å². The maximum Gasteiger partial charge on any atom is 0.469 e. The molecular formula is C22H25N6O8P. The SMILES string of the molecule is CCNC(=O)Nc1ncnc2c1ncn2[C@@H]1O[C@H](COP(=O)(O)O)[C@@H]2O[C@H](/C=C/c3ccccc3)OC21. The number of phosphoric acid groups is 1. The number of nitrogens with zero attached hydrogens (tertiary/aromatic N) is 4. The molecule has 0 spiro atoms. The molecule has 2 aliphatic heterocycles. The van der Waals surface area contributed by atoms with Crippen LogP contribution in [0.2, 0.25) is 0 Å². The molecule has 2 aromatic heterocycles. The van der Waals surface area contributed by atoms with Gasteiger partial charge >= 0.3 is 13.9 Å². The highest BCUT2D eigenvalue weighted by Gasteiger charge is 2.53. The first-order chi connectivity index (χ1) is 17.8. The smallest absolute Gasteiger partial charge is 0.347 e. The van der Waals surface area contributed by atoms with Crippen LogP contribution in [0.25, 0.3) is 17.2 Å². The number of imidazole rings is 1. The van der Waals surface area contributed by atoms with Crippen LogP contribution in [-0.4, -0.2) is 73.1 Å². The summed E-state index contributed by atoms with van der Waals surface area (Å²) >= 11 is 0. The van der Waals surface area contributed by atoms with Crippen LogP contribution >= 0.6 is 7.82 Å². The van der Waals surface area contributed by atoms with Crippen LogP contribution in [0.3, 0.4) is 0 Å². The zero-order chi connectivity index (χ0) is 26.0. The maximum atomic E-state index is 12.0. The lowest BCUT2D eigenvalue weighted by atomic mass is 10.1. The summed E-state index contributed by atoms with van der Waals surface area (Å²) in [5.74, 6) is 0.206. The molecule has 2 amide bonds. The topological polar surface area (TPSA) is 179 Å². The third-order valence-corrected chi connectivity index (χ3v) is 6.21. The number of benzene rings is 1. The molecule has 2 fully saturated rings. The van der Waals surface area contributed by atoms with Crippen molar-refractivity contribution in [3.8, 4) is 0 Å². The lowest BCUT2D eigenvalue weighted by Gasteiger charge is -2.20. The lowest BCUT2D eigenvalue weighted by Crippen LogP contribution is -2.31. The number of hydrogen-bond acceptors (Lipinski definition) is 9. The average Bonchev–Trinajstić information content (AvgIpc) is 3.56. The molecule has 0 bridgehead atoms. The van der Waals surface area contributed by atoms with Crippen molar-refractivity contribution in [2.75, 3.05) is 18.5 Å². The van der Waals surface area contributed by atoms with E-state index in [0.717, 1.165) is 5.56 Å². The van der Waals surface area contributed by atoms with Gasteiger partial charge in [-0.25, -0.2) is 24.3 Å². The highest BCUT2D eigenvalue weighted by molar-refractivity contribution is 7.46. The molecular weight excluding hydrogens is 507 g/mol. The van der Waals surface area contributed by atoms with Gasteiger partial charge in [0.05, 0.1) is 12.9 Å². The Hall–Kier alpha value is -3.23. The van der Waals surface area contributed by atoms with E-state index in [-0.39, 0.29) is 5.82 Å². The summed E-state index contributed by atoms with van der Waals surface area (Å²) in [6.45, 7) is 1.80. The minimum absolute atomic E-state index is 0.206. The van der Waals surface area contributed by atoms with Crippen LogP contribution < -0.4 is 10.6 Å². The maximum absolute atomic E-state index is 12.0. The van der Waals surface area contributed by atoms with Gasteiger partial charge in [-0.3, -0.25) is 14.4 Å². The number of carbonyl (C=O) groups is 1. The number of anilines is 1. The first-order valence-corrected chi connectivity index (χ1v) is 13.0. The molecule has 5 atom stereocenters. The molecule has 3 aromatic rings. The Morgan fingerprint density at radius 2 is 1.95 bits per heavy atom. The van der Waals surface area contributed by atoms with E-state index in [1.165, 1.54) is 12.7 Å². The minimum Gasteiger partial charge on any atom is -0.347 e.